The van der Waals surface area contributed by atoms with E-state index in [2.05, 4.69) is 20.0 Å². The average Bonchev–Trinajstić information content (AvgIpc) is 2.44. The van der Waals surface area contributed by atoms with Gasteiger partial charge in [0.25, 0.3) is 0 Å². The normalized spacial score (nSPS) is 10.2. The highest BCUT2D eigenvalue weighted by Crippen LogP contribution is 2.21. The van der Waals surface area contributed by atoms with E-state index in [0.29, 0.717) is 17.1 Å². The molecule has 0 bridgehead atoms. The highest BCUT2D eigenvalue weighted by atomic mass is 19.1. The number of nitrogen functional groups attached to an aromatic ring is 1. The van der Waals surface area contributed by atoms with Crippen molar-refractivity contribution in [1.29, 1.82) is 0 Å². The molecule has 0 unspecified atom stereocenters. The third-order valence-electron chi connectivity index (χ3n) is 2.56. The SMILES string of the molecule is COC(=O)c1ccc(Nc2nc(C)nc(N)c2F)cc1. The third-order valence-corrected chi connectivity index (χ3v) is 2.56. The van der Waals surface area contributed by atoms with Crippen LogP contribution in [0.3, 0.4) is 0 Å². The highest BCUT2D eigenvalue weighted by molar-refractivity contribution is 5.89. The fourth-order valence-electron chi connectivity index (χ4n) is 1.61. The number of nitrogens with two attached hydrogens (primary N) is 1. The van der Waals surface area contributed by atoms with Gasteiger partial charge in [-0.25, -0.2) is 14.8 Å². The number of halogens is 1. The van der Waals surface area contributed by atoms with Gasteiger partial charge in [0.05, 0.1) is 12.7 Å². The molecule has 0 radical (unpaired) electrons. The minimum Gasteiger partial charge on any atom is -0.465 e. The van der Waals surface area contributed by atoms with Crippen LogP contribution in [-0.2, 0) is 4.74 Å². The predicted molar refractivity (Wildman–Crippen MR) is 72.2 cm³/mol. The zero-order chi connectivity index (χ0) is 14.7. The van der Waals surface area contributed by atoms with E-state index in [-0.39, 0.29) is 11.6 Å². The molecule has 0 aliphatic rings. The van der Waals surface area contributed by atoms with Crippen LogP contribution in [-0.4, -0.2) is 23.0 Å². The highest BCUT2D eigenvalue weighted by Gasteiger charge is 2.11. The van der Waals surface area contributed by atoms with Crippen molar-refractivity contribution >= 4 is 23.3 Å². The van der Waals surface area contributed by atoms with Crippen LogP contribution in [0.25, 0.3) is 0 Å². The van der Waals surface area contributed by atoms with Crippen molar-refractivity contribution in [2.24, 2.45) is 0 Å². The van der Waals surface area contributed by atoms with Gasteiger partial charge >= 0.3 is 5.97 Å². The smallest absolute Gasteiger partial charge is 0.337 e. The number of anilines is 3. The Morgan fingerprint density at radius 2 is 1.95 bits per heavy atom. The molecule has 0 aliphatic carbocycles. The molecule has 0 spiro atoms. The molecule has 1 heterocycles. The van der Waals surface area contributed by atoms with E-state index in [0.717, 1.165) is 0 Å². The predicted octanol–water partition coefficient (Wildman–Crippen LogP) is 2.04. The summed E-state index contributed by atoms with van der Waals surface area (Å²) in [5.74, 6) is -1.03. The quantitative estimate of drug-likeness (QED) is 0.834. The van der Waals surface area contributed by atoms with Gasteiger partial charge in [-0.05, 0) is 31.2 Å². The molecular weight excluding hydrogens is 263 g/mol. The van der Waals surface area contributed by atoms with Gasteiger partial charge in [0.1, 0.15) is 5.82 Å². The van der Waals surface area contributed by atoms with Gasteiger partial charge in [0.2, 0.25) is 5.82 Å². The van der Waals surface area contributed by atoms with Crippen LogP contribution >= 0.6 is 0 Å². The second kappa shape index (κ2) is 5.52. The molecule has 20 heavy (non-hydrogen) atoms. The maximum absolute atomic E-state index is 13.7. The molecule has 0 saturated heterocycles. The fourth-order valence-corrected chi connectivity index (χ4v) is 1.61. The topological polar surface area (TPSA) is 90.1 Å². The molecule has 0 fully saturated rings. The Labute approximate surface area is 114 Å². The van der Waals surface area contributed by atoms with E-state index in [1.54, 1.807) is 31.2 Å². The molecule has 0 amide bonds. The van der Waals surface area contributed by atoms with Crippen molar-refractivity contribution < 1.29 is 13.9 Å². The summed E-state index contributed by atoms with van der Waals surface area (Å²) in [6.45, 7) is 1.61. The minimum absolute atomic E-state index is 0.0131. The van der Waals surface area contributed by atoms with Crippen molar-refractivity contribution in [3.8, 4) is 0 Å². The largest absolute Gasteiger partial charge is 0.465 e. The van der Waals surface area contributed by atoms with E-state index in [9.17, 15) is 9.18 Å². The van der Waals surface area contributed by atoms with E-state index < -0.39 is 11.8 Å². The molecule has 0 atom stereocenters. The van der Waals surface area contributed by atoms with Crippen LogP contribution in [0.1, 0.15) is 16.2 Å². The Morgan fingerprint density at radius 1 is 1.30 bits per heavy atom. The first-order valence-corrected chi connectivity index (χ1v) is 5.76. The summed E-state index contributed by atoms with van der Waals surface area (Å²) in [6.07, 6.45) is 0. The molecule has 1 aromatic carbocycles. The molecule has 104 valence electrons. The Balaban J connectivity index is 2.24. The zero-order valence-electron chi connectivity index (χ0n) is 11.0. The van der Waals surface area contributed by atoms with Crippen LogP contribution in [0.2, 0.25) is 0 Å². The Hall–Kier alpha value is -2.70. The number of benzene rings is 1. The first kappa shape index (κ1) is 13.7. The molecule has 0 saturated carbocycles. The maximum Gasteiger partial charge on any atom is 0.337 e. The number of nitrogens with zero attached hydrogens (tertiary/aromatic N) is 2. The fraction of sp³-hybridized carbons (Fsp3) is 0.154. The Morgan fingerprint density at radius 3 is 2.55 bits per heavy atom. The molecule has 0 aliphatic heterocycles. The molecule has 7 heteroatoms. The van der Waals surface area contributed by atoms with Gasteiger partial charge in [0.15, 0.2) is 11.6 Å². The van der Waals surface area contributed by atoms with Gasteiger partial charge in [0, 0.05) is 5.69 Å². The van der Waals surface area contributed by atoms with Crippen molar-refractivity contribution in [2.45, 2.75) is 6.92 Å². The van der Waals surface area contributed by atoms with Crippen molar-refractivity contribution in [2.75, 3.05) is 18.2 Å². The van der Waals surface area contributed by atoms with Gasteiger partial charge in [-0.15, -0.1) is 0 Å². The maximum atomic E-state index is 13.7. The number of nitrogens with one attached hydrogen (secondary N) is 1. The van der Waals surface area contributed by atoms with Crippen molar-refractivity contribution in [3.63, 3.8) is 0 Å². The molecule has 3 N–H and O–H groups in total. The monoisotopic (exact) mass is 276 g/mol. The van der Waals surface area contributed by atoms with Gasteiger partial charge in [-0.1, -0.05) is 0 Å². The van der Waals surface area contributed by atoms with Crippen LogP contribution in [0.5, 0.6) is 0 Å². The van der Waals surface area contributed by atoms with Crippen LogP contribution < -0.4 is 11.1 Å². The summed E-state index contributed by atoms with van der Waals surface area (Å²) in [5, 5.41) is 2.78. The number of methoxy groups -OCH3 is 1. The summed E-state index contributed by atoms with van der Waals surface area (Å²) in [7, 11) is 1.30. The summed E-state index contributed by atoms with van der Waals surface area (Å²) < 4.78 is 18.3. The number of aromatic nitrogens is 2. The molecule has 2 rings (SSSR count). The van der Waals surface area contributed by atoms with E-state index in [1.807, 2.05) is 0 Å². The van der Waals surface area contributed by atoms with Gasteiger partial charge in [-0.3, -0.25) is 0 Å². The molecule has 1 aromatic heterocycles. The Bertz CT molecular complexity index is 644. The summed E-state index contributed by atoms with van der Waals surface area (Å²) in [6, 6.07) is 6.34. The van der Waals surface area contributed by atoms with Gasteiger partial charge < -0.3 is 15.8 Å². The second-order valence-corrected chi connectivity index (χ2v) is 4.01. The summed E-state index contributed by atoms with van der Waals surface area (Å²) in [4.78, 5) is 18.9. The number of aryl methyl sites for hydroxylation is 1. The molecule has 2 aromatic rings. The number of hydrogen-bond donors (Lipinski definition) is 2. The standard InChI is InChI=1S/C13H13FN4O2/c1-7-16-11(15)10(14)12(17-7)18-9-5-3-8(4-6-9)13(19)20-2/h3-6H,1-2H3,(H3,15,16,17,18). The number of ether oxygens (including phenoxy) is 1. The number of rotatable bonds is 3. The summed E-state index contributed by atoms with van der Waals surface area (Å²) >= 11 is 0. The van der Waals surface area contributed by atoms with E-state index in [1.165, 1.54) is 7.11 Å². The lowest BCUT2D eigenvalue weighted by Crippen LogP contribution is -2.06. The lowest BCUT2D eigenvalue weighted by Gasteiger charge is -2.09. The first-order valence-electron chi connectivity index (χ1n) is 5.76. The molecule has 6 nitrogen and oxygen atoms in total. The van der Waals surface area contributed by atoms with E-state index in [4.69, 9.17) is 5.73 Å². The lowest BCUT2D eigenvalue weighted by molar-refractivity contribution is 0.0601. The lowest BCUT2D eigenvalue weighted by atomic mass is 10.2. The van der Waals surface area contributed by atoms with Crippen molar-refractivity contribution in [3.05, 3.63) is 41.5 Å². The van der Waals surface area contributed by atoms with Crippen molar-refractivity contribution in [1.82, 2.24) is 9.97 Å². The van der Waals surface area contributed by atoms with Crippen LogP contribution in [0.15, 0.2) is 24.3 Å². The Kier molecular flexibility index (Phi) is 3.79. The minimum atomic E-state index is -0.715. The van der Waals surface area contributed by atoms with Crippen LogP contribution in [0.4, 0.5) is 21.7 Å². The molecular formula is C13H13FN4O2. The summed E-state index contributed by atoms with van der Waals surface area (Å²) in [5.41, 5.74) is 6.39. The van der Waals surface area contributed by atoms with Gasteiger partial charge in [-0.2, -0.15) is 4.39 Å². The third kappa shape index (κ3) is 2.82. The number of esters is 1. The number of carbonyl (C=O) groups is 1. The average molecular weight is 276 g/mol. The second-order valence-electron chi connectivity index (χ2n) is 4.01. The number of carbonyl (C=O) groups excluding carboxylic acids is 1. The van der Waals surface area contributed by atoms with Crippen LogP contribution in [0, 0.1) is 12.7 Å². The zero-order valence-corrected chi connectivity index (χ0v) is 11.0. The first-order chi connectivity index (χ1) is 9.51. The van der Waals surface area contributed by atoms with E-state index >= 15 is 0 Å². The number of hydrogen-bond acceptors (Lipinski definition) is 6.